The van der Waals surface area contributed by atoms with Gasteiger partial charge in [-0.25, -0.2) is 0 Å². The average Bonchev–Trinajstić information content (AvgIpc) is 2.98. The van der Waals surface area contributed by atoms with E-state index >= 15 is 0 Å². The third kappa shape index (κ3) is 3.14. The molecule has 4 fully saturated rings. The lowest BCUT2D eigenvalue weighted by Gasteiger charge is -2.62. The first-order chi connectivity index (χ1) is 13.2. The Hall–Kier alpha value is -0.610. The molecule has 160 valence electrons. The molecule has 0 bridgehead atoms. The molecule has 0 radical (unpaired) electrons. The third-order valence-corrected chi connectivity index (χ3v) is 10.2. The molecule has 0 saturated heterocycles. The Kier molecular flexibility index (Phi) is 5.36. The molecule has 4 aliphatic carbocycles. The zero-order chi connectivity index (χ0) is 20.3. The predicted molar refractivity (Wildman–Crippen MR) is 109 cm³/mol. The summed E-state index contributed by atoms with van der Waals surface area (Å²) in [7, 11) is 0. The molecule has 4 nitrogen and oxygen atoms in total. The Bertz CT molecular complexity index is 605. The monoisotopic (exact) mass is 392 g/mol. The van der Waals surface area contributed by atoms with Gasteiger partial charge in [-0.05, 0) is 104 Å². The van der Waals surface area contributed by atoms with Gasteiger partial charge in [-0.1, -0.05) is 20.8 Å². The van der Waals surface area contributed by atoms with E-state index in [1.54, 1.807) is 0 Å². The predicted octanol–water partition coefficient (Wildman–Crippen LogP) is 4.48. The zero-order valence-electron chi connectivity index (χ0n) is 17.9. The van der Waals surface area contributed by atoms with Gasteiger partial charge in [0, 0.05) is 6.42 Å². The second kappa shape index (κ2) is 7.27. The summed E-state index contributed by atoms with van der Waals surface area (Å²) < 4.78 is 0. The number of carbonyl (C=O) groups is 1. The minimum Gasteiger partial charge on any atom is -0.481 e. The fraction of sp³-hybridized carbons (Fsp3) is 0.958. The number of carboxylic acids is 1. The van der Waals surface area contributed by atoms with Gasteiger partial charge in [0.05, 0.1) is 12.2 Å². The molecular formula is C24H40O4. The number of rotatable bonds is 4. The highest BCUT2D eigenvalue weighted by Gasteiger charge is 2.62. The summed E-state index contributed by atoms with van der Waals surface area (Å²) >= 11 is 0. The van der Waals surface area contributed by atoms with E-state index in [4.69, 9.17) is 5.11 Å². The van der Waals surface area contributed by atoms with E-state index in [0.29, 0.717) is 35.5 Å². The maximum atomic E-state index is 11.2. The SMILES string of the molecule is C[C@H](CCC(=O)O)[C@H]1CC[C@H]2C3[C@H](O)C[C@@H]4C[C@@H](O)CC[C@]4(C)[C@H]3CC[C@]12C. The Balaban J connectivity index is 1.55. The Morgan fingerprint density at radius 3 is 2.39 bits per heavy atom. The average molecular weight is 393 g/mol. The van der Waals surface area contributed by atoms with Crippen molar-refractivity contribution in [1.29, 1.82) is 0 Å². The van der Waals surface area contributed by atoms with Crippen LogP contribution in [-0.4, -0.2) is 33.5 Å². The highest BCUT2D eigenvalue weighted by molar-refractivity contribution is 5.66. The minimum atomic E-state index is -0.684. The minimum absolute atomic E-state index is 0.179. The van der Waals surface area contributed by atoms with Crippen LogP contribution in [0.15, 0.2) is 0 Å². The molecule has 1 unspecified atom stereocenters. The molecule has 0 aromatic rings. The number of hydrogen-bond acceptors (Lipinski definition) is 3. The van der Waals surface area contributed by atoms with E-state index in [1.807, 2.05) is 0 Å². The lowest BCUT2D eigenvalue weighted by molar-refractivity contribution is -0.174. The van der Waals surface area contributed by atoms with E-state index in [-0.39, 0.29) is 29.5 Å². The van der Waals surface area contributed by atoms with Crippen LogP contribution < -0.4 is 0 Å². The van der Waals surface area contributed by atoms with Gasteiger partial charge in [-0.2, -0.15) is 0 Å². The van der Waals surface area contributed by atoms with Gasteiger partial charge in [0.25, 0.3) is 0 Å². The summed E-state index contributed by atoms with van der Waals surface area (Å²) in [6.45, 7) is 7.16. The van der Waals surface area contributed by atoms with Gasteiger partial charge in [-0.15, -0.1) is 0 Å². The van der Waals surface area contributed by atoms with Crippen molar-refractivity contribution in [3.63, 3.8) is 0 Å². The van der Waals surface area contributed by atoms with Gasteiger partial charge in [-0.3, -0.25) is 4.79 Å². The Morgan fingerprint density at radius 2 is 1.68 bits per heavy atom. The number of aliphatic hydroxyl groups is 2. The van der Waals surface area contributed by atoms with Crippen molar-refractivity contribution in [3.8, 4) is 0 Å². The molecule has 0 spiro atoms. The van der Waals surface area contributed by atoms with Gasteiger partial charge >= 0.3 is 5.97 Å². The first-order valence-electron chi connectivity index (χ1n) is 11.7. The van der Waals surface area contributed by atoms with Crippen molar-refractivity contribution in [3.05, 3.63) is 0 Å². The smallest absolute Gasteiger partial charge is 0.303 e. The summed E-state index contributed by atoms with van der Waals surface area (Å²) in [4.78, 5) is 11.1. The maximum Gasteiger partial charge on any atom is 0.303 e. The molecular weight excluding hydrogens is 352 g/mol. The van der Waals surface area contributed by atoms with Gasteiger partial charge in [0.15, 0.2) is 0 Å². The van der Waals surface area contributed by atoms with E-state index < -0.39 is 5.97 Å². The largest absolute Gasteiger partial charge is 0.481 e. The van der Waals surface area contributed by atoms with Gasteiger partial charge in [0.2, 0.25) is 0 Å². The van der Waals surface area contributed by atoms with Crippen LogP contribution >= 0.6 is 0 Å². The Morgan fingerprint density at radius 1 is 1.00 bits per heavy atom. The standard InChI is InChI=1S/C24H40O4/c1-14(4-7-21(27)28)17-5-6-18-22-19(9-11-24(17,18)3)23(2)10-8-16(25)12-15(23)13-20(22)26/h14-20,22,25-26H,4-13H2,1-3H3,(H,27,28)/t14-,15+,16+,17-,18+,19+,20-,22?,23+,24-/m1/s1. The van der Waals surface area contributed by atoms with E-state index in [1.165, 1.54) is 25.7 Å². The van der Waals surface area contributed by atoms with Crippen LogP contribution in [0.3, 0.4) is 0 Å². The van der Waals surface area contributed by atoms with Crippen molar-refractivity contribution < 1.29 is 20.1 Å². The van der Waals surface area contributed by atoms with Crippen LogP contribution in [0.1, 0.15) is 85.0 Å². The van der Waals surface area contributed by atoms with Crippen molar-refractivity contribution in [2.45, 2.75) is 97.2 Å². The summed E-state index contributed by atoms with van der Waals surface area (Å²) in [6, 6.07) is 0. The highest BCUT2D eigenvalue weighted by Crippen LogP contribution is 2.68. The number of aliphatic carboxylic acids is 1. The fourth-order valence-corrected chi connectivity index (χ4v) is 8.73. The topological polar surface area (TPSA) is 77.8 Å². The summed E-state index contributed by atoms with van der Waals surface area (Å²) in [5, 5.41) is 30.5. The summed E-state index contributed by atoms with van der Waals surface area (Å²) in [5.74, 6) is 2.36. The quantitative estimate of drug-likeness (QED) is 0.659. The van der Waals surface area contributed by atoms with Crippen LogP contribution in [0.4, 0.5) is 0 Å². The second-order valence-electron chi connectivity index (χ2n) is 11.4. The first-order valence-corrected chi connectivity index (χ1v) is 11.7. The van der Waals surface area contributed by atoms with Crippen molar-refractivity contribution in [2.24, 2.45) is 46.3 Å². The number of fused-ring (bicyclic) bond motifs is 5. The van der Waals surface area contributed by atoms with Crippen LogP contribution in [0.5, 0.6) is 0 Å². The zero-order valence-corrected chi connectivity index (χ0v) is 17.9. The lowest BCUT2D eigenvalue weighted by atomic mass is 9.43. The molecule has 10 atom stereocenters. The number of aliphatic hydroxyl groups excluding tert-OH is 2. The normalized spacial score (nSPS) is 51.7. The molecule has 0 aromatic heterocycles. The third-order valence-electron chi connectivity index (χ3n) is 10.2. The fourth-order valence-electron chi connectivity index (χ4n) is 8.73. The number of carboxylic acid groups (broad SMARTS) is 1. The second-order valence-corrected chi connectivity index (χ2v) is 11.4. The maximum absolute atomic E-state index is 11.2. The van der Waals surface area contributed by atoms with E-state index in [2.05, 4.69) is 20.8 Å². The summed E-state index contributed by atoms with van der Waals surface area (Å²) in [6.07, 6.45) is 9.19. The van der Waals surface area contributed by atoms with Gasteiger partial charge < -0.3 is 15.3 Å². The molecule has 4 rings (SSSR count). The molecule has 0 aliphatic heterocycles. The summed E-state index contributed by atoms with van der Waals surface area (Å²) in [5.41, 5.74) is 0.523. The van der Waals surface area contributed by atoms with Crippen molar-refractivity contribution in [1.82, 2.24) is 0 Å². The Labute approximate surface area is 170 Å². The molecule has 28 heavy (non-hydrogen) atoms. The van der Waals surface area contributed by atoms with E-state index in [0.717, 1.165) is 32.1 Å². The molecule has 4 saturated carbocycles. The van der Waals surface area contributed by atoms with Crippen LogP contribution in [0, 0.1) is 46.3 Å². The van der Waals surface area contributed by atoms with Crippen LogP contribution in [-0.2, 0) is 4.79 Å². The van der Waals surface area contributed by atoms with Crippen LogP contribution in [0.25, 0.3) is 0 Å². The number of hydrogen-bond donors (Lipinski definition) is 3. The van der Waals surface area contributed by atoms with Gasteiger partial charge in [0.1, 0.15) is 0 Å². The molecule has 0 heterocycles. The molecule has 3 N–H and O–H groups in total. The molecule has 4 heteroatoms. The highest BCUT2D eigenvalue weighted by atomic mass is 16.4. The van der Waals surface area contributed by atoms with E-state index in [9.17, 15) is 15.0 Å². The van der Waals surface area contributed by atoms with Crippen LogP contribution in [0.2, 0.25) is 0 Å². The van der Waals surface area contributed by atoms with Crippen molar-refractivity contribution >= 4 is 5.97 Å². The van der Waals surface area contributed by atoms with Crippen molar-refractivity contribution in [2.75, 3.05) is 0 Å². The first kappa shape index (κ1) is 20.7. The lowest BCUT2D eigenvalue weighted by Crippen LogP contribution is -2.58. The molecule has 0 amide bonds. The molecule has 0 aromatic carbocycles. The molecule has 4 aliphatic rings.